The lowest BCUT2D eigenvalue weighted by molar-refractivity contribution is 0.305. The molecule has 32 heavy (non-hydrogen) atoms. The summed E-state index contributed by atoms with van der Waals surface area (Å²) in [6.45, 7) is 5.23. The van der Waals surface area contributed by atoms with E-state index in [1.54, 1.807) is 51.7 Å². The Kier molecular flexibility index (Phi) is 5.40. The Labute approximate surface area is 182 Å². The van der Waals surface area contributed by atoms with Crippen LogP contribution in [0, 0.1) is 0 Å². The maximum atomic E-state index is 15.1. The minimum atomic E-state index is -0.693. The first-order valence-corrected chi connectivity index (χ1v) is 9.78. The molecular formula is C23H22FN5O3. The fourth-order valence-corrected chi connectivity index (χ4v) is 3.80. The van der Waals surface area contributed by atoms with Crippen LogP contribution in [0.3, 0.4) is 0 Å². The standard InChI is InChI=1S/C23H22FN5O3/c1-6-15(24)22(19(7-2)31-4)29-21-14-10-13(16-8-9-26-27-16)20(32-5)11-17(14)25-12-18(21)28(3)23(29)30/h6-12H,1H2,2-5H3,(H,26,27)/b19-7+,22-15-. The van der Waals surface area contributed by atoms with Crippen molar-refractivity contribution in [2.24, 2.45) is 7.05 Å². The molecule has 1 N–H and O–H groups in total. The van der Waals surface area contributed by atoms with Gasteiger partial charge in [-0.3, -0.25) is 19.2 Å². The molecule has 0 aliphatic heterocycles. The van der Waals surface area contributed by atoms with E-state index in [1.165, 1.54) is 16.2 Å². The quantitative estimate of drug-likeness (QED) is 0.363. The van der Waals surface area contributed by atoms with Gasteiger partial charge in [0, 0.05) is 30.3 Å². The Balaban J connectivity index is 2.22. The number of methoxy groups -OCH3 is 2. The van der Waals surface area contributed by atoms with E-state index in [-0.39, 0.29) is 11.5 Å². The molecule has 0 atom stereocenters. The van der Waals surface area contributed by atoms with Gasteiger partial charge in [-0.15, -0.1) is 0 Å². The second-order valence-corrected chi connectivity index (χ2v) is 6.97. The molecule has 1 aromatic carbocycles. The first-order chi connectivity index (χ1) is 15.5. The fraction of sp³-hybridized carbons (Fsp3) is 0.174. The average molecular weight is 435 g/mol. The predicted molar refractivity (Wildman–Crippen MR) is 122 cm³/mol. The number of hydrogen-bond acceptors (Lipinski definition) is 5. The van der Waals surface area contributed by atoms with E-state index < -0.39 is 11.5 Å². The van der Waals surface area contributed by atoms with Gasteiger partial charge in [-0.2, -0.15) is 5.10 Å². The molecule has 164 valence electrons. The van der Waals surface area contributed by atoms with Gasteiger partial charge in [0.05, 0.1) is 42.7 Å². The molecular weight excluding hydrogens is 413 g/mol. The predicted octanol–water partition coefficient (Wildman–Crippen LogP) is 4.16. The van der Waals surface area contributed by atoms with Crippen molar-refractivity contribution >= 4 is 27.6 Å². The SMILES string of the molecule is C=C/C(F)=C(\C(=C/C)OC)n1c(=O)n(C)c2cnc3cc(OC)c(-c4ccn[nH]4)cc3c21. The van der Waals surface area contributed by atoms with Crippen LogP contribution in [0.2, 0.25) is 0 Å². The minimum Gasteiger partial charge on any atom is -0.496 e. The number of halogens is 1. The third kappa shape index (κ3) is 3.09. The molecule has 0 bridgehead atoms. The minimum absolute atomic E-state index is 0.0352. The highest BCUT2D eigenvalue weighted by atomic mass is 19.1. The summed E-state index contributed by atoms with van der Waals surface area (Å²) >= 11 is 0. The van der Waals surface area contributed by atoms with Gasteiger partial charge in [0.15, 0.2) is 5.83 Å². The summed E-state index contributed by atoms with van der Waals surface area (Å²) in [4.78, 5) is 17.8. The molecule has 3 aromatic heterocycles. The summed E-state index contributed by atoms with van der Waals surface area (Å²) in [5.41, 5.74) is 2.56. The van der Waals surface area contributed by atoms with Crippen molar-refractivity contribution in [1.82, 2.24) is 24.3 Å². The topological polar surface area (TPSA) is 87.0 Å². The third-order valence-corrected chi connectivity index (χ3v) is 5.34. The molecule has 0 amide bonds. The van der Waals surface area contributed by atoms with Crippen LogP contribution >= 0.6 is 0 Å². The normalized spacial score (nSPS) is 12.8. The van der Waals surface area contributed by atoms with Crippen LogP contribution in [0.5, 0.6) is 5.75 Å². The molecule has 3 heterocycles. The number of hydrogen-bond donors (Lipinski definition) is 1. The highest BCUT2D eigenvalue weighted by Gasteiger charge is 2.24. The molecule has 0 saturated heterocycles. The Morgan fingerprint density at radius 2 is 2.09 bits per heavy atom. The zero-order valence-electron chi connectivity index (χ0n) is 18.1. The molecule has 0 radical (unpaired) electrons. The number of imidazole rings is 1. The van der Waals surface area contributed by atoms with Gasteiger partial charge < -0.3 is 9.47 Å². The first kappa shape index (κ1) is 21.1. The number of fused-ring (bicyclic) bond motifs is 3. The van der Waals surface area contributed by atoms with E-state index in [0.29, 0.717) is 27.7 Å². The van der Waals surface area contributed by atoms with Crippen LogP contribution in [-0.4, -0.2) is 38.5 Å². The highest BCUT2D eigenvalue weighted by Crippen LogP contribution is 2.36. The Hall–Kier alpha value is -4.14. The van der Waals surface area contributed by atoms with Gasteiger partial charge in [0.1, 0.15) is 17.2 Å². The summed E-state index contributed by atoms with van der Waals surface area (Å²) in [5.74, 6) is 0.0866. The Bertz CT molecular complexity index is 1460. The molecule has 0 aliphatic carbocycles. The number of ether oxygens (including phenoxy) is 2. The summed E-state index contributed by atoms with van der Waals surface area (Å²) < 4.78 is 28.7. The van der Waals surface area contributed by atoms with Crippen molar-refractivity contribution in [3.63, 3.8) is 0 Å². The smallest absolute Gasteiger partial charge is 0.333 e. The zero-order chi connectivity index (χ0) is 23.0. The first-order valence-electron chi connectivity index (χ1n) is 9.78. The van der Waals surface area contributed by atoms with E-state index in [1.807, 2.05) is 6.07 Å². The number of H-pyrrole nitrogens is 1. The van der Waals surface area contributed by atoms with E-state index in [9.17, 15) is 4.79 Å². The zero-order valence-corrected chi connectivity index (χ0v) is 18.1. The van der Waals surface area contributed by atoms with Gasteiger partial charge in [-0.1, -0.05) is 6.58 Å². The van der Waals surface area contributed by atoms with Crippen LogP contribution < -0.4 is 10.4 Å². The van der Waals surface area contributed by atoms with Crippen LogP contribution in [0.15, 0.2) is 65.7 Å². The van der Waals surface area contributed by atoms with E-state index in [4.69, 9.17) is 9.47 Å². The fourth-order valence-electron chi connectivity index (χ4n) is 3.80. The maximum Gasteiger partial charge on any atom is 0.333 e. The van der Waals surface area contributed by atoms with Gasteiger partial charge in [-0.25, -0.2) is 9.18 Å². The number of aromatic nitrogens is 5. The number of aromatic amines is 1. The Morgan fingerprint density at radius 3 is 2.69 bits per heavy atom. The molecule has 4 aromatic rings. The summed E-state index contributed by atoms with van der Waals surface area (Å²) in [7, 11) is 4.59. The number of benzene rings is 1. The van der Waals surface area contributed by atoms with Crippen LogP contribution in [0.1, 0.15) is 6.92 Å². The number of aryl methyl sites for hydroxylation is 1. The monoisotopic (exact) mass is 435 g/mol. The Morgan fingerprint density at radius 1 is 1.31 bits per heavy atom. The number of nitrogens with one attached hydrogen (secondary N) is 1. The number of rotatable bonds is 6. The van der Waals surface area contributed by atoms with Crippen molar-refractivity contribution in [2.45, 2.75) is 6.92 Å². The van der Waals surface area contributed by atoms with Crippen molar-refractivity contribution in [2.75, 3.05) is 14.2 Å². The van der Waals surface area contributed by atoms with Gasteiger partial charge in [0.2, 0.25) is 0 Å². The van der Waals surface area contributed by atoms with E-state index in [0.717, 1.165) is 17.3 Å². The summed E-state index contributed by atoms with van der Waals surface area (Å²) in [5, 5.41) is 7.57. The number of nitrogens with zero attached hydrogens (tertiary/aromatic N) is 4. The van der Waals surface area contributed by atoms with Gasteiger partial charge in [0.25, 0.3) is 0 Å². The third-order valence-electron chi connectivity index (χ3n) is 5.34. The molecule has 0 saturated carbocycles. The van der Waals surface area contributed by atoms with Crippen molar-refractivity contribution in [3.8, 4) is 17.0 Å². The summed E-state index contributed by atoms with van der Waals surface area (Å²) in [6.07, 6.45) is 5.85. The second-order valence-electron chi connectivity index (χ2n) is 6.97. The molecule has 0 fully saturated rings. The largest absolute Gasteiger partial charge is 0.496 e. The van der Waals surface area contributed by atoms with Crippen LogP contribution in [-0.2, 0) is 11.8 Å². The summed E-state index contributed by atoms with van der Waals surface area (Å²) in [6, 6.07) is 5.42. The van der Waals surface area contributed by atoms with Crippen molar-refractivity contribution < 1.29 is 13.9 Å². The lowest BCUT2D eigenvalue weighted by Crippen LogP contribution is -2.23. The number of pyridine rings is 1. The average Bonchev–Trinajstić information content (AvgIpc) is 3.44. The lowest BCUT2D eigenvalue weighted by atomic mass is 10.1. The highest BCUT2D eigenvalue weighted by molar-refractivity contribution is 6.06. The van der Waals surface area contributed by atoms with Crippen molar-refractivity contribution in [1.29, 1.82) is 0 Å². The maximum absolute atomic E-state index is 15.1. The molecule has 0 unspecified atom stereocenters. The van der Waals surface area contributed by atoms with Gasteiger partial charge in [-0.05, 0) is 31.2 Å². The van der Waals surface area contributed by atoms with Gasteiger partial charge >= 0.3 is 5.69 Å². The van der Waals surface area contributed by atoms with Crippen molar-refractivity contribution in [3.05, 3.63) is 71.4 Å². The molecule has 8 nitrogen and oxygen atoms in total. The number of allylic oxidation sites excluding steroid dienone is 4. The van der Waals surface area contributed by atoms with Crippen LogP contribution in [0.25, 0.3) is 38.9 Å². The van der Waals surface area contributed by atoms with E-state index >= 15 is 4.39 Å². The second kappa shape index (κ2) is 8.18. The van der Waals surface area contributed by atoms with Crippen LogP contribution in [0.4, 0.5) is 4.39 Å². The molecule has 0 aliphatic rings. The molecule has 9 heteroatoms. The van der Waals surface area contributed by atoms with E-state index in [2.05, 4.69) is 21.8 Å². The lowest BCUT2D eigenvalue weighted by Gasteiger charge is -2.14. The molecule has 4 rings (SSSR count). The molecule has 0 spiro atoms.